The second-order valence-electron chi connectivity index (χ2n) is 7.74. The molecule has 0 spiro atoms. The molecule has 1 aromatic rings. The van der Waals surface area contributed by atoms with Crippen molar-refractivity contribution in [2.75, 3.05) is 26.2 Å². The van der Waals surface area contributed by atoms with Gasteiger partial charge in [-0.15, -0.1) is 0 Å². The van der Waals surface area contributed by atoms with Gasteiger partial charge in [-0.1, -0.05) is 71.6 Å². The van der Waals surface area contributed by atoms with E-state index in [1.165, 1.54) is 94.2 Å². The van der Waals surface area contributed by atoms with Gasteiger partial charge in [0.05, 0.1) is 31.1 Å². The minimum atomic E-state index is -6.00. The summed E-state index contributed by atoms with van der Waals surface area (Å²) in [5, 5.41) is 10.0. The normalized spacial score (nSPS) is 11.1. The molecule has 31 heavy (non-hydrogen) atoms. The Morgan fingerprint density at radius 1 is 0.742 bits per heavy atom. The molecule has 0 fully saturated rings. The number of hydrogen-bond acceptors (Lipinski definition) is 2. The van der Waals surface area contributed by atoms with Crippen LogP contribution in [-0.2, 0) is 0 Å². The van der Waals surface area contributed by atoms with Gasteiger partial charge < -0.3 is 21.7 Å². The summed E-state index contributed by atoms with van der Waals surface area (Å²) in [7, 11) is -6.00. The van der Waals surface area contributed by atoms with Crippen molar-refractivity contribution in [2.45, 2.75) is 79.1 Å². The van der Waals surface area contributed by atoms with Crippen molar-refractivity contribution in [3.63, 3.8) is 0 Å². The standard InChI is InChI=1S/C16H36N.C6H5NO2.BF4/c1-5-9-13-17(14-10-6-2,15-11-7-3)16-12-8-4;8-7(9)6-4-2-1-3-5-6;2-1(3,4)5/h5-16H2,1-4H3;1-5H;/q+1;;-1. The molecule has 9 heteroatoms. The largest absolute Gasteiger partial charge is 0.673 e. The van der Waals surface area contributed by atoms with Gasteiger partial charge in [-0.2, -0.15) is 0 Å². The quantitative estimate of drug-likeness (QED) is 0.100. The first-order chi connectivity index (χ1) is 14.5. The third-order valence-electron chi connectivity index (χ3n) is 4.91. The number of unbranched alkanes of at least 4 members (excludes halogenated alkanes) is 4. The Hall–Kier alpha value is -1.64. The fourth-order valence-electron chi connectivity index (χ4n) is 3.19. The maximum absolute atomic E-state index is 10.0. The molecule has 0 N–H and O–H groups in total. The Morgan fingerprint density at radius 3 is 1.23 bits per heavy atom. The summed E-state index contributed by atoms with van der Waals surface area (Å²) in [5.41, 5.74) is 0.137. The zero-order chi connectivity index (χ0) is 24.2. The molecule has 0 atom stereocenters. The molecular weight excluding hydrogens is 411 g/mol. The summed E-state index contributed by atoms with van der Waals surface area (Å²) in [6.07, 6.45) is 11.1. The van der Waals surface area contributed by atoms with Gasteiger partial charge in [-0.05, 0) is 25.7 Å². The summed E-state index contributed by atoms with van der Waals surface area (Å²) in [6.45, 7) is 15.0. The van der Waals surface area contributed by atoms with E-state index in [1.807, 2.05) is 0 Å². The summed E-state index contributed by atoms with van der Waals surface area (Å²) in [4.78, 5) is 9.59. The van der Waals surface area contributed by atoms with E-state index in [9.17, 15) is 27.4 Å². The first-order valence-corrected chi connectivity index (χ1v) is 11.5. The number of nitrogens with zero attached hydrogens (tertiary/aromatic N) is 2. The lowest BCUT2D eigenvalue weighted by Gasteiger charge is -2.39. The molecule has 182 valence electrons. The predicted molar refractivity (Wildman–Crippen MR) is 123 cm³/mol. The zero-order valence-corrected chi connectivity index (χ0v) is 19.7. The maximum Gasteiger partial charge on any atom is 0.673 e. The number of hydrogen-bond donors (Lipinski definition) is 0. The molecule has 0 amide bonds. The highest BCUT2D eigenvalue weighted by Gasteiger charge is 2.24. The van der Waals surface area contributed by atoms with Gasteiger partial charge in [-0.25, -0.2) is 0 Å². The van der Waals surface area contributed by atoms with E-state index in [0.717, 1.165) is 0 Å². The molecule has 0 aliphatic carbocycles. The third kappa shape index (κ3) is 21.4. The summed E-state index contributed by atoms with van der Waals surface area (Å²) in [5.74, 6) is 0. The number of rotatable bonds is 13. The molecular formula is C22H41BF4N2O2. The Morgan fingerprint density at radius 2 is 1.03 bits per heavy atom. The van der Waals surface area contributed by atoms with Crippen molar-refractivity contribution in [3.8, 4) is 0 Å². The van der Waals surface area contributed by atoms with Crippen LogP contribution in [0.3, 0.4) is 0 Å². The van der Waals surface area contributed by atoms with Gasteiger partial charge in [0.2, 0.25) is 0 Å². The lowest BCUT2D eigenvalue weighted by molar-refractivity contribution is -0.929. The highest BCUT2D eigenvalue weighted by atomic mass is 19.5. The van der Waals surface area contributed by atoms with Crippen LogP contribution in [0.5, 0.6) is 0 Å². The molecule has 0 bridgehead atoms. The molecule has 0 saturated heterocycles. The van der Waals surface area contributed by atoms with Crippen LogP contribution in [0.4, 0.5) is 23.0 Å². The number of quaternary nitrogens is 1. The number of non-ortho nitro benzene ring substituents is 1. The topological polar surface area (TPSA) is 43.1 Å². The number of nitro groups is 1. The van der Waals surface area contributed by atoms with Crippen LogP contribution in [0.15, 0.2) is 30.3 Å². The average molecular weight is 452 g/mol. The maximum atomic E-state index is 10.0. The van der Waals surface area contributed by atoms with Crippen LogP contribution in [-0.4, -0.2) is 42.8 Å². The third-order valence-corrected chi connectivity index (χ3v) is 4.91. The molecule has 0 unspecified atom stereocenters. The Balaban J connectivity index is 0. The monoisotopic (exact) mass is 452 g/mol. The lowest BCUT2D eigenvalue weighted by atomic mass is 10.1. The SMILES string of the molecule is CCCC[N+](CCCC)(CCCC)CCCC.F[B-](F)(F)F.O=[N+]([O-])c1ccccc1. The first kappa shape index (κ1) is 31.6. The van der Waals surface area contributed by atoms with Crippen molar-refractivity contribution < 1.29 is 26.7 Å². The van der Waals surface area contributed by atoms with Crippen LogP contribution < -0.4 is 0 Å². The number of nitro benzene ring substituents is 1. The van der Waals surface area contributed by atoms with E-state index >= 15 is 0 Å². The molecule has 4 nitrogen and oxygen atoms in total. The Kier molecular flexibility index (Phi) is 19.4. The van der Waals surface area contributed by atoms with Crippen molar-refractivity contribution in [1.29, 1.82) is 0 Å². The average Bonchev–Trinajstić information content (AvgIpc) is 2.72. The van der Waals surface area contributed by atoms with Gasteiger partial charge >= 0.3 is 7.25 Å². The molecule has 1 rings (SSSR count). The molecule has 0 radical (unpaired) electrons. The summed E-state index contributed by atoms with van der Waals surface area (Å²) in [6, 6.07) is 7.93. The Bertz CT molecular complexity index is 503. The molecule has 0 saturated carbocycles. The van der Waals surface area contributed by atoms with Gasteiger partial charge in [-0.3, -0.25) is 10.1 Å². The van der Waals surface area contributed by atoms with Crippen LogP contribution in [0.25, 0.3) is 0 Å². The molecule has 1 aromatic carbocycles. The fraction of sp³-hybridized carbons (Fsp3) is 0.727. The molecule has 0 aliphatic heterocycles. The van der Waals surface area contributed by atoms with E-state index in [4.69, 9.17) is 0 Å². The second-order valence-corrected chi connectivity index (χ2v) is 7.74. The minimum absolute atomic E-state index is 0.137. The van der Waals surface area contributed by atoms with Crippen LogP contribution in [0.2, 0.25) is 0 Å². The van der Waals surface area contributed by atoms with E-state index in [2.05, 4.69) is 27.7 Å². The van der Waals surface area contributed by atoms with Crippen LogP contribution in [0, 0.1) is 10.1 Å². The van der Waals surface area contributed by atoms with E-state index in [1.54, 1.807) is 18.2 Å². The van der Waals surface area contributed by atoms with Crippen molar-refractivity contribution in [1.82, 2.24) is 0 Å². The van der Waals surface area contributed by atoms with E-state index in [0.29, 0.717) is 0 Å². The van der Waals surface area contributed by atoms with Crippen molar-refractivity contribution >= 4 is 12.9 Å². The second kappa shape index (κ2) is 19.1. The van der Waals surface area contributed by atoms with Crippen LogP contribution >= 0.6 is 0 Å². The van der Waals surface area contributed by atoms with Crippen molar-refractivity contribution in [3.05, 3.63) is 40.4 Å². The fourth-order valence-corrected chi connectivity index (χ4v) is 3.19. The smallest absolute Gasteiger partial charge is 0.418 e. The molecule has 0 aliphatic rings. The highest BCUT2D eigenvalue weighted by molar-refractivity contribution is 6.50. The first-order valence-electron chi connectivity index (χ1n) is 11.5. The van der Waals surface area contributed by atoms with E-state index in [-0.39, 0.29) is 5.69 Å². The zero-order valence-electron chi connectivity index (χ0n) is 19.7. The minimum Gasteiger partial charge on any atom is -0.418 e. The number of para-hydroxylation sites is 1. The summed E-state index contributed by atoms with van der Waals surface area (Å²) < 4.78 is 40.4. The summed E-state index contributed by atoms with van der Waals surface area (Å²) >= 11 is 0. The van der Waals surface area contributed by atoms with Gasteiger partial charge in [0, 0.05) is 12.1 Å². The number of benzene rings is 1. The molecule has 0 heterocycles. The van der Waals surface area contributed by atoms with Gasteiger partial charge in [0.1, 0.15) is 0 Å². The van der Waals surface area contributed by atoms with Crippen LogP contribution in [0.1, 0.15) is 79.1 Å². The Labute approximate surface area is 185 Å². The van der Waals surface area contributed by atoms with E-state index < -0.39 is 12.2 Å². The van der Waals surface area contributed by atoms with Gasteiger partial charge in [0.25, 0.3) is 5.69 Å². The highest BCUT2D eigenvalue weighted by Crippen LogP contribution is 2.16. The van der Waals surface area contributed by atoms with Gasteiger partial charge in [0.15, 0.2) is 0 Å². The van der Waals surface area contributed by atoms with Crippen molar-refractivity contribution in [2.24, 2.45) is 0 Å². The molecule has 0 aromatic heterocycles. The number of halogens is 4. The lowest BCUT2D eigenvalue weighted by Crippen LogP contribution is -2.50. The predicted octanol–water partition coefficient (Wildman–Crippen LogP) is 7.90.